The quantitative estimate of drug-likeness (QED) is 0.857. The molecule has 1 aliphatic rings. The summed E-state index contributed by atoms with van der Waals surface area (Å²) in [4.78, 5) is 16.7. The molecule has 0 radical (unpaired) electrons. The third-order valence-electron chi connectivity index (χ3n) is 3.98. The fraction of sp³-hybridized carbons (Fsp3) is 0.533. The molecule has 0 aromatic heterocycles. The Bertz CT molecular complexity index is 492. The van der Waals surface area contributed by atoms with E-state index in [-0.39, 0.29) is 5.91 Å². The summed E-state index contributed by atoms with van der Waals surface area (Å²) in [6.45, 7) is 5.13. The van der Waals surface area contributed by atoms with Crippen LogP contribution in [0, 0.1) is 0 Å². The minimum absolute atomic E-state index is 0.00190. The maximum Gasteiger partial charge on any atom is 0.255 e. The Morgan fingerprint density at radius 2 is 2.30 bits per heavy atom. The Hall–Kier alpha value is -1.07. The van der Waals surface area contributed by atoms with E-state index in [1.54, 1.807) is 17.0 Å². The molecular weight excluding hydrogens is 318 g/mol. The molecule has 0 bridgehead atoms. The van der Waals surface area contributed by atoms with Crippen molar-refractivity contribution in [3.63, 3.8) is 0 Å². The average molecular weight is 340 g/mol. The van der Waals surface area contributed by atoms with E-state index in [1.165, 1.54) is 12.8 Å². The summed E-state index contributed by atoms with van der Waals surface area (Å²) in [6, 6.07) is 5.88. The highest BCUT2D eigenvalue weighted by Crippen LogP contribution is 2.21. The predicted octanol–water partition coefficient (Wildman–Crippen LogP) is 2.59. The Morgan fingerprint density at radius 3 is 2.95 bits per heavy atom. The summed E-state index contributed by atoms with van der Waals surface area (Å²) in [5, 5.41) is 0. The van der Waals surface area contributed by atoms with E-state index in [4.69, 9.17) is 5.73 Å². The van der Waals surface area contributed by atoms with Gasteiger partial charge >= 0.3 is 0 Å². The number of carbonyl (C=O) groups excluding carboxylic acids is 1. The summed E-state index contributed by atoms with van der Waals surface area (Å²) in [5.74, 6) is -0.00190. The molecule has 0 saturated carbocycles. The number of benzene rings is 1. The summed E-state index contributed by atoms with van der Waals surface area (Å²) in [6.07, 6.45) is 2.39. The maximum atomic E-state index is 12.5. The van der Waals surface area contributed by atoms with E-state index in [2.05, 4.69) is 27.8 Å². The number of anilines is 1. The van der Waals surface area contributed by atoms with Crippen LogP contribution in [0.15, 0.2) is 22.7 Å². The van der Waals surface area contributed by atoms with E-state index < -0.39 is 0 Å². The van der Waals surface area contributed by atoms with Gasteiger partial charge in [-0.3, -0.25) is 9.69 Å². The lowest BCUT2D eigenvalue weighted by Crippen LogP contribution is -2.41. The molecule has 1 heterocycles. The molecule has 1 saturated heterocycles. The van der Waals surface area contributed by atoms with Crippen molar-refractivity contribution in [2.24, 2.45) is 0 Å². The van der Waals surface area contributed by atoms with Gasteiger partial charge in [0.2, 0.25) is 0 Å². The van der Waals surface area contributed by atoms with Crippen LogP contribution in [0.3, 0.4) is 0 Å². The molecule has 1 aromatic rings. The second-order valence-corrected chi connectivity index (χ2v) is 6.26. The van der Waals surface area contributed by atoms with Gasteiger partial charge in [-0.2, -0.15) is 0 Å². The number of hydrogen-bond donors (Lipinski definition) is 1. The van der Waals surface area contributed by atoms with Gasteiger partial charge in [-0.25, -0.2) is 0 Å². The van der Waals surface area contributed by atoms with Crippen LogP contribution in [0.25, 0.3) is 0 Å². The van der Waals surface area contributed by atoms with Crippen molar-refractivity contribution in [3.05, 3.63) is 28.2 Å². The number of likely N-dealkylation sites (tertiary alicyclic amines) is 1. The number of likely N-dealkylation sites (N-methyl/N-ethyl adjacent to an activating group) is 2. The Balaban J connectivity index is 2.05. The van der Waals surface area contributed by atoms with Crippen LogP contribution in [-0.4, -0.2) is 48.4 Å². The summed E-state index contributed by atoms with van der Waals surface area (Å²) in [7, 11) is 1.86. The number of nitrogens with zero attached hydrogens (tertiary/aromatic N) is 2. The fourth-order valence-electron chi connectivity index (χ4n) is 2.85. The van der Waals surface area contributed by atoms with Crippen LogP contribution in [0.5, 0.6) is 0 Å². The number of rotatable bonds is 4. The minimum atomic E-state index is -0.00190. The third-order valence-corrected chi connectivity index (χ3v) is 4.47. The number of hydrogen-bond acceptors (Lipinski definition) is 3. The highest BCUT2D eigenvalue weighted by molar-refractivity contribution is 9.10. The molecule has 0 aliphatic carbocycles. The van der Waals surface area contributed by atoms with E-state index in [0.717, 1.165) is 24.1 Å². The lowest BCUT2D eigenvalue weighted by atomic mass is 10.1. The minimum Gasteiger partial charge on any atom is -0.398 e. The highest BCUT2D eigenvalue weighted by atomic mass is 79.9. The molecule has 2 N–H and O–H groups in total. The molecule has 1 atom stereocenters. The standard InChI is InChI=1S/C15H22BrN3O/c1-3-19-8-4-5-12(19)10-18(2)15(20)13-7-6-11(16)9-14(13)17/h6-7,9,12H,3-5,8,10,17H2,1-2H3. The monoisotopic (exact) mass is 339 g/mol. The first kappa shape index (κ1) is 15.3. The van der Waals surface area contributed by atoms with Gasteiger partial charge in [0, 0.05) is 29.8 Å². The molecule has 1 fully saturated rings. The second-order valence-electron chi connectivity index (χ2n) is 5.34. The number of carbonyl (C=O) groups is 1. The summed E-state index contributed by atoms with van der Waals surface area (Å²) in [5.41, 5.74) is 7.04. The molecular formula is C15H22BrN3O. The topological polar surface area (TPSA) is 49.6 Å². The zero-order valence-corrected chi connectivity index (χ0v) is 13.7. The van der Waals surface area contributed by atoms with Crippen molar-refractivity contribution >= 4 is 27.5 Å². The van der Waals surface area contributed by atoms with Crippen molar-refractivity contribution in [2.75, 3.05) is 32.4 Å². The molecule has 4 nitrogen and oxygen atoms in total. The SMILES string of the molecule is CCN1CCCC1CN(C)C(=O)c1ccc(Br)cc1N. The van der Waals surface area contributed by atoms with Gasteiger partial charge in [0.15, 0.2) is 0 Å². The largest absolute Gasteiger partial charge is 0.398 e. The van der Waals surface area contributed by atoms with Crippen LogP contribution in [-0.2, 0) is 0 Å². The molecule has 1 amide bonds. The van der Waals surface area contributed by atoms with Crippen LogP contribution in [0.4, 0.5) is 5.69 Å². The van der Waals surface area contributed by atoms with Crippen molar-refractivity contribution in [1.82, 2.24) is 9.80 Å². The number of nitrogens with two attached hydrogens (primary N) is 1. The van der Waals surface area contributed by atoms with Gasteiger partial charge in [-0.1, -0.05) is 22.9 Å². The zero-order valence-electron chi connectivity index (χ0n) is 12.1. The normalized spacial score (nSPS) is 19.2. The molecule has 1 unspecified atom stereocenters. The molecule has 0 spiro atoms. The third kappa shape index (κ3) is 3.33. The Kier molecular flexibility index (Phi) is 5.05. The predicted molar refractivity (Wildman–Crippen MR) is 85.8 cm³/mol. The first-order valence-corrected chi connectivity index (χ1v) is 7.86. The number of amides is 1. The lowest BCUT2D eigenvalue weighted by molar-refractivity contribution is 0.0755. The van der Waals surface area contributed by atoms with Crippen molar-refractivity contribution in [3.8, 4) is 0 Å². The Labute approximate surface area is 129 Å². The van der Waals surface area contributed by atoms with Crippen molar-refractivity contribution in [2.45, 2.75) is 25.8 Å². The lowest BCUT2D eigenvalue weighted by Gasteiger charge is -2.28. The molecule has 1 aromatic carbocycles. The van der Waals surface area contributed by atoms with Gasteiger partial charge in [-0.15, -0.1) is 0 Å². The van der Waals surface area contributed by atoms with E-state index in [0.29, 0.717) is 17.3 Å². The van der Waals surface area contributed by atoms with Gasteiger partial charge in [0.05, 0.1) is 5.56 Å². The fourth-order valence-corrected chi connectivity index (χ4v) is 3.23. The molecule has 5 heteroatoms. The molecule has 20 heavy (non-hydrogen) atoms. The Morgan fingerprint density at radius 1 is 1.55 bits per heavy atom. The van der Waals surface area contributed by atoms with Gasteiger partial charge in [0.25, 0.3) is 5.91 Å². The summed E-state index contributed by atoms with van der Waals surface area (Å²) >= 11 is 3.36. The van der Waals surface area contributed by atoms with Crippen molar-refractivity contribution < 1.29 is 4.79 Å². The van der Waals surface area contributed by atoms with Gasteiger partial charge in [0.1, 0.15) is 0 Å². The first-order valence-electron chi connectivity index (χ1n) is 7.07. The molecule has 1 aliphatic heterocycles. The van der Waals surface area contributed by atoms with Crippen LogP contribution < -0.4 is 5.73 Å². The van der Waals surface area contributed by atoms with Crippen LogP contribution in [0.2, 0.25) is 0 Å². The molecule has 110 valence electrons. The van der Waals surface area contributed by atoms with Crippen LogP contribution >= 0.6 is 15.9 Å². The number of nitrogen functional groups attached to an aromatic ring is 1. The van der Waals surface area contributed by atoms with Crippen LogP contribution in [0.1, 0.15) is 30.1 Å². The van der Waals surface area contributed by atoms with Gasteiger partial charge < -0.3 is 10.6 Å². The highest BCUT2D eigenvalue weighted by Gasteiger charge is 2.26. The number of halogens is 1. The van der Waals surface area contributed by atoms with Crippen molar-refractivity contribution in [1.29, 1.82) is 0 Å². The van der Waals surface area contributed by atoms with E-state index in [9.17, 15) is 4.79 Å². The summed E-state index contributed by atoms with van der Waals surface area (Å²) < 4.78 is 0.891. The average Bonchev–Trinajstić information content (AvgIpc) is 2.85. The van der Waals surface area contributed by atoms with E-state index >= 15 is 0 Å². The first-order chi connectivity index (χ1) is 9.52. The van der Waals surface area contributed by atoms with Gasteiger partial charge in [-0.05, 0) is 44.1 Å². The maximum absolute atomic E-state index is 12.5. The molecule has 2 rings (SSSR count). The van der Waals surface area contributed by atoms with E-state index in [1.807, 2.05) is 13.1 Å². The second kappa shape index (κ2) is 6.59. The smallest absolute Gasteiger partial charge is 0.255 e. The zero-order chi connectivity index (χ0) is 14.7.